The number of benzene rings is 1. The van der Waals surface area contributed by atoms with Crippen LogP contribution in [0.5, 0.6) is 5.75 Å². The maximum atomic E-state index is 12.6. The van der Waals surface area contributed by atoms with Crippen molar-refractivity contribution in [1.29, 1.82) is 0 Å². The van der Waals surface area contributed by atoms with Crippen LogP contribution in [0.2, 0.25) is 0 Å². The lowest BCUT2D eigenvalue weighted by atomic mass is 9.95. The number of nitrogens with one attached hydrogen (secondary N) is 1. The second kappa shape index (κ2) is 10.0. The van der Waals surface area contributed by atoms with E-state index in [0.29, 0.717) is 12.4 Å². The monoisotopic (exact) mass is 348 g/mol. The Balaban J connectivity index is 2.06. The number of hydrogen-bond acceptors (Lipinski definition) is 4. The minimum absolute atomic E-state index is 0.0906. The molecule has 1 aliphatic rings. The number of carbonyl (C=O) groups excluding carboxylic acids is 1. The fourth-order valence-corrected chi connectivity index (χ4v) is 3.16. The molecule has 0 heterocycles. The summed E-state index contributed by atoms with van der Waals surface area (Å²) >= 11 is 0. The van der Waals surface area contributed by atoms with Crippen molar-refractivity contribution in [3.8, 4) is 5.75 Å². The van der Waals surface area contributed by atoms with Crippen LogP contribution in [0, 0.1) is 10.1 Å². The van der Waals surface area contributed by atoms with Crippen molar-refractivity contribution < 1.29 is 14.5 Å². The van der Waals surface area contributed by atoms with Gasteiger partial charge in [-0.15, -0.1) is 0 Å². The van der Waals surface area contributed by atoms with Crippen LogP contribution in [0.15, 0.2) is 18.2 Å². The summed E-state index contributed by atoms with van der Waals surface area (Å²) in [6.45, 7) is 2.66. The van der Waals surface area contributed by atoms with Gasteiger partial charge in [0.2, 0.25) is 0 Å². The van der Waals surface area contributed by atoms with Crippen LogP contribution in [0.25, 0.3) is 0 Å². The Hall–Kier alpha value is -2.11. The maximum Gasteiger partial charge on any atom is 0.270 e. The van der Waals surface area contributed by atoms with Gasteiger partial charge in [-0.05, 0) is 25.3 Å². The van der Waals surface area contributed by atoms with E-state index in [2.05, 4.69) is 12.2 Å². The second-order valence-electron chi connectivity index (χ2n) is 6.66. The summed E-state index contributed by atoms with van der Waals surface area (Å²) in [5.74, 6) is 0.148. The van der Waals surface area contributed by atoms with Crippen molar-refractivity contribution in [2.45, 2.75) is 70.8 Å². The van der Waals surface area contributed by atoms with E-state index in [0.717, 1.165) is 51.4 Å². The van der Waals surface area contributed by atoms with E-state index in [4.69, 9.17) is 4.74 Å². The third-order valence-electron chi connectivity index (χ3n) is 4.61. The molecule has 1 aromatic carbocycles. The van der Waals surface area contributed by atoms with Gasteiger partial charge >= 0.3 is 0 Å². The van der Waals surface area contributed by atoms with E-state index >= 15 is 0 Å². The van der Waals surface area contributed by atoms with Gasteiger partial charge in [-0.2, -0.15) is 0 Å². The van der Waals surface area contributed by atoms with Crippen molar-refractivity contribution in [1.82, 2.24) is 5.32 Å². The van der Waals surface area contributed by atoms with Crippen molar-refractivity contribution in [2.24, 2.45) is 0 Å². The third-order valence-corrected chi connectivity index (χ3v) is 4.61. The lowest BCUT2D eigenvalue weighted by molar-refractivity contribution is -0.384. The van der Waals surface area contributed by atoms with Gasteiger partial charge in [0.1, 0.15) is 5.75 Å². The van der Waals surface area contributed by atoms with Crippen LogP contribution in [0.1, 0.15) is 75.1 Å². The van der Waals surface area contributed by atoms with Gasteiger partial charge in [0.05, 0.1) is 17.1 Å². The van der Waals surface area contributed by atoms with Gasteiger partial charge in [0, 0.05) is 18.2 Å². The molecule has 1 aliphatic carbocycles. The maximum absolute atomic E-state index is 12.6. The molecule has 0 bridgehead atoms. The molecular formula is C19H28N2O4. The summed E-state index contributed by atoms with van der Waals surface area (Å²) in [4.78, 5) is 23.2. The standard InChI is InChI=1S/C19H28N2O4/c1-2-3-4-8-13-25-18-12-11-16(21(23)24)14-17(18)19(22)20-15-9-6-5-7-10-15/h11-12,14-15H,2-10,13H2,1H3,(H,20,22). The van der Waals surface area contributed by atoms with Crippen molar-refractivity contribution in [2.75, 3.05) is 6.61 Å². The molecule has 0 spiro atoms. The summed E-state index contributed by atoms with van der Waals surface area (Å²) in [6, 6.07) is 4.39. The van der Waals surface area contributed by atoms with E-state index in [-0.39, 0.29) is 23.2 Å². The lowest BCUT2D eigenvalue weighted by Gasteiger charge is -2.23. The number of nitrogens with zero attached hydrogens (tertiary/aromatic N) is 1. The van der Waals surface area contributed by atoms with E-state index in [9.17, 15) is 14.9 Å². The number of ether oxygens (including phenoxy) is 1. The van der Waals surface area contributed by atoms with Gasteiger partial charge in [-0.3, -0.25) is 14.9 Å². The molecule has 0 aromatic heterocycles. The quantitative estimate of drug-likeness (QED) is 0.401. The Labute approximate surface area is 149 Å². The fourth-order valence-electron chi connectivity index (χ4n) is 3.16. The topological polar surface area (TPSA) is 81.5 Å². The number of nitro benzene ring substituents is 1. The minimum Gasteiger partial charge on any atom is -0.493 e. The molecular weight excluding hydrogens is 320 g/mol. The van der Waals surface area contributed by atoms with Crippen LogP contribution >= 0.6 is 0 Å². The van der Waals surface area contributed by atoms with E-state index in [1.807, 2.05) is 0 Å². The third kappa shape index (κ3) is 6.03. The number of hydrogen-bond donors (Lipinski definition) is 1. The van der Waals surface area contributed by atoms with Gasteiger partial charge in [-0.25, -0.2) is 0 Å². The highest BCUT2D eigenvalue weighted by Gasteiger charge is 2.21. The highest BCUT2D eigenvalue weighted by molar-refractivity contribution is 5.97. The number of nitro groups is 1. The molecule has 6 nitrogen and oxygen atoms in total. The summed E-state index contributed by atoms with van der Waals surface area (Å²) in [7, 11) is 0. The molecule has 6 heteroatoms. The smallest absolute Gasteiger partial charge is 0.270 e. The second-order valence-corrected chi connectivity index (χ2v) is 6.66. The Morgan fingerprint density at radius 2 is 2.00 bits per heavy atom. The Morgan fingerprint density at radius 3 is 2.68 bits per heavy atom. The van der Waals surface area contributed by atoms with Crippen LogP contribution in [-0.2, 0) is 0 Å². The summed E-state index contributed by atoms with van der Waals surface area (Å²) in [6.07, 6.45) is 9.64. The van der Waals surface area contributed by atoms with Crippen LogP contribution in [-0.4, -0.2) is 23.5 Å². The lowest BCUT2D eigenvalue weighted by Crippen LogP contribution is -2.36. The Kier molecular flexibility index (Phi) is 7.70. The average molecular weight is 348 g/mol. The largest absolute Gasteiger partial charge is 0.493 e. The highest BCUT2D eigenvalue weighted by Crippen LogP contribution is 2.26. The number of non-ortho nitro benzene ring substituents is 1. The van der Waals surface area contributed by atoms with Gasteiger partial charge in [0.15, 0.2) is 0 Å². The number of rotatable bonds is 9. The van der Waals surface area contributed by atoms with Crippen LogP contribution < -0.4 is 10.1 Å². The molecule has 0 saturated heterocycles. The first-order valence-corrected chi connectivity index (χ1v) is 9.34. The Morgan fingerprint density at radius 1 is 1.24 bits per heavy atom. The van der Waals surface area contributed by atoms with Gasteiger partial charge in [0.25, 0.3) is 11.6 Å². The molecule has 1 N–H and O–H groups in total. The van der Waals surface area contributed by atoms with Crippen molar-refractivity contribution in [3.05, 3.63) is 33.9 Å². The average Bonchev–Trinajstić information content (AvgIpc) is 2.62. The number of unbranched alkanes of at least 4 members (excludes halogenated alkanes) is 3. The molecule has 1 aromatic rings. The molecule has 1 saturated carbocycles. The first kappa shape index (κ1) is 19.2. The molecule has 138 valence electrons. The molecule has 0 aliphatic heterocycles. The highest BCUT2D eigenvalue weighted by atomic mass is 16.6. The molecule has 1 amide bonds. The summed E-state index contributed by atoms with van der Waals surface area (Å²) in [5.41, 5.74) is 0.169. The van der Waals surface area contributed by atoms with E-state index < -0.39 is 4.92 Å². The zero-order chi connectivity index (χ0) is 18.1. The number of amides is 1. The van der Waals surface area contributed by atoms with Crippen molar-refractivity contribution >= 4 is 11.6 Å². The zero-order valence-corrected chi connectivity index (χ0v) is 15.0. The molecule has 25 heavy (non-hydrogen) atoms. The van der Waals surface area contributed by atoms with Crippen LogP contribution in [0.4, 0.5) is 5.69 Å². The van der Waals surface area contributed by atoms with E-state index in [1.54, 1.807) is 0 Å². The van der Waals surface area contributed by atoms with Crippen molar-refractivity contribution in [3.63, 3.8) is 0 Å². The van der Waals surface area contributed by atoms with Crippen LogP contribution in [0.3, 0.4) is 0 Å². The fraction of sp³-hybridized carbons (Fsp3) is 0.632. The first-order chi connectivity index (χ1) is 12.1. The number of carbonyl (C=O) groups is 1. The molecule has 2 rings (SSSR count). The molecule has 0 radical (unpaired) electrons. The van der Waals surface area contributed by atoms with E-state index in [1.165, 1.54) is 24.6 Å². The predicted octanol–water partition coefficient (Wildman–Crippen LogP) is 4.62. The molecule has 0 unspecified atom stereocenters. The zero-order valence-electron chi connectivity index (χ0n) is 15.0. The normalized spacial score (nSPS) is 14.9. The van der Waals surface area contributed by atoms with Gasteiger partial charge in [-0.1, -0.05) is 45.4 Å². The SMILES string of the molecule is CCCCCCOc1ccc([N+](=O)[O-])cc1C(=O)NC1CCCCC1. The minimum atomic E-state index is -0.484. The summed E-state index contributed by atoms with van der Waals surface area (Å²) < 4.78 is 5.75. The Bertz CT molecular complexity index is 583. The van der Waals surface area contributed by atoms with Gasteiger partial charge < -0.3 is 10.1 Å². The first-order valence-electron chi connectivity index (χ1n) is 9.34. The predicted molar refractivity (Wildman–Crippen MR) is 97.1 cm³/mol. The molecule has 1 fully saturated rings. The summed E-state index contributed by atoms with van der Waals surface area (Å²) in [5, 5.41) is 14.1. The molecule has 0 atom stereocenters.